The van der Waals surface area contributed by atoms with Crippen molar-refractivity contribution >= 4 is 21.0 Å². The van der Waals surface area contributed by atoms with E-state index < -0.39 is 16.1 Å². The zero-order valence-corrected chi connectivity index (χ0v) is 14.3. The summed E-state index contributed by atoms with van der Waals surface area (Å²) in [6, 6.07) is 14.4. The first-order chi connectivity index (χ1) is 11.4. The lowest BCUT2D eigenvalue weighted by Gasteiger charge is -2.22. The van der Waals surface area contributed by atoms with Gasteiger partial charge in [0.25, 0.3) is 0 Å². The van der Waals surface area contributed by atoms with Crippen LogP contribution in [0.5, 0.6) is 0 Å². The van der Waals surface area contributed by atoms with Crippen molar-refractivity contribution in [3.63, 3.8) is 0 Å². The van der Waals surface area contributed by atoms with Gasteiger partial charge in [-0.1, -0.05) is 30.3 Å². The van der Waals surface area contributed by atoms with Gasteiger partial charge in [-0.15, -0.1) is 0 Å². The highest BCUT2D eigenvalue weighted by Crippen LogP contribution is 2.28. The van der Waals surface area contributed by atoms with Gasteiger partial charge < -0.3 is 4.42 Å². The number of hydrogen-bond donors (Lipinski definition) is 0. The van der Waals surface area contributed by atoms with Crippen molar-refractivity contribution in [2.75, 3.05) is 7.05 Å². The average Bonchev–Trinajstić information content (AvgIpc) is 2.99. The van der Waals surface area contributed by atoms with Gasteiger partial charge in [-0.2, -0.15) is 4.31 Å². The molecule has 0 aliphatic heterocycles. The van der Waals surface area contributed by atoms with Gasteiger partial charge in [0, 0.05) is 12.4 Å². The third kappa shape index (κ3) is 3.34. The molecule has 4 nitrogen and oxygen atoms in total. The van der Waals surface area contributed by atoms with Crippen LogP contribution in [0.1, 0.15) is 24.3 Å². The second kappa shape index (κ2) is 6.37. The van der Waals surface area contributed by atoms with Crippen molar-refractivity contribution in [2.24, 2.45) is 0 Å². The predicted molar refractivity (Wildman–Crippen MR) is 91.4 cm³/mol. The second-order valence-electron chi connectivity index (χ2n) is 5.76. The van der Waals surface area contributed by atoms with Gasteiger partial charge in [0.15, 0.2) is 0 Å². The van der Waals surface area contributed by atoms with Crippen molar-refractivity contribution < 1.29 is 17.2 Å². The van der Waals surface area contributed by atoms with Gasteiger partial charge in [-0.25, -0.2) is 12.8 Å². The summed E-state index contributed by atoms with van der Waals surface area (Å²) in [6.07, 6.45) is 0. The third-order valence-electron chi connectivity index (χ3n) is 4.10. The first-order valence-corrected chi connectivity index (χ1v) is 9.16. The Hall–Kier alpha value is -2.18. The summed E-state index contributed by atoms with van der Waals surface area (Å²) in [6.45, 7) is 1.78. The number of furan rings is 1. The molecule has 0 saturated carbocycles. The highest BCUT2D eigenvalue weighted by atomic mass is 32.2. The minimum atomic E-state index is -3.56. The molecule has 2 aromatic carbocycles. The van der Waals surface area contributed by atoms with Gasteiger partial charge in [0.05, 0.1) is 11.8 Å². The van der Waals surface area contributed by atoms with Crippen LogP contribution in [0, 0.1) is 5.82 Å². The Morgan fingerprint density at radius 1 is 1.12 bits per heavy atom. The Kier molecular flexibility index (Phi) is 4.43. The van der Waals surface area contributed by atoms with Crippen molar-refractivity contribution in [3.8, 4) is 0 Å². The zero-order valence-electron chi connectivity index (χ0n) is 13.4. The van der Waals surface area contributed by atoms with Crippen molar-refractivity contribution in [1.29, 1.82) is 0 Å². The molecular weight excluding hydrogens is 329 g/mol. The van der Waals surface area contributed by atoms with Crippen molar-refractivity contribution in [2.45, 2.75) is 18.7 Å². The standard InChI is InChI=1S/C18H18FNO3S/c1-13(18-11-15-5-3-4-6-17(15)23-18)20(2)24(21,22)12-14-7-9-16(19)10-8-14/h3-11,13H,12H2,1-2H3. The van der Waals surface area contributed by atoms with Crippen molar-refractivity contribution in [3.05, 3.63) is 71.7 Å². The van der Waals surface area contributed by atoms with Crippen LogP contribution in [0.15, 0.2) is 59.0 Å². The fraction of sp³-hybridized carbons (Fsp3) is 0.222. The maximum atomic E-state index is 13.0. The lowest BCUT2D eigenvalue weighted by molar-refractivity contribution is 0.347. The number of sulfonamides is 1. The number of benzene rings is 2. The Bertz CT molecular complexity index is 915. The summed E-state index contributed by atoms with van der Waals surface area (Å²) in [5, 5.41) is 0.934. The molecule has 0 saturated heterocycles. The highest BCUT2D eigenvalue weighted by molar-refractivity contribution is 7.88. The van der Waals surface area contributed by atoms with Gasteiger partial charge in [-0.3, -0.25) is 0 Å². The van der Waals surface area contributed by atoms with Crippen LogP contribution in [0.25, 0.3) is 11.0 Å². The Morgan fingerprint density at radius 2 is 1.79 bits per heavy atom. The molecule has 3 rings (SSSR count). The van der Waals surface area contributed by atoms with E-state index in [4.69, 9.17) is 4.42 Å². The van der Waals surface area contributed by atoms with E-state index in [2.05, 4.69) is 0 Å². The predicted octanol–water partition coefficient (Wildman–Crippen LogP) is 4.09. The first kappa shape index (κ1) is 16.7. The van der Waals surface area contributed by atoms with E-state index in [0.29, 0.717) is 11.3 Å². The number of rotatable bonds is 5. The molecule has 1 unspecified atom stereocenters. The van der Waals surface area contributed by atoms with E-state index in [1.807, 2.05) is 30.3 Å². The fourth-order valence-electron chi connectivity index (χ4n) is 2.52. The van der Waals surface area contributed by atoms with Crippen LogP contribution in [-0.4, -0.2) is 19.8 Å². The molecule has 1 atom stereocenters. The number of hydrogen-bond acceptors (Lipinski definition) is 3. The van der Waals surface area contributed by atoms with Gasteiger partial charge in [0.2, 0.25) is 10.0 Å². The van der Waals surface area contributed by atoms with Crippen LogP contribution >= 0.6 is 0 Å². The third-order valence-corrected chi connectivity index (χ3v) is 5.99. The molecule has 6 heteroatoms. The van der Waals surface area contributed by atoms with Crippen LogP contribution in [0.3, 0.4) is 0 Å². The molecule has 0 aliphatic rings. The fourth-order valence-corrected chi connectivity index (χ4v) is 3.92. The molecule has 0 radical (unpaired) electrons. The monoisotopic (exact) mass is 347 g/mol. The maximum Gasteiger partial charge on any atom is 0.218 e. The molecule has 0 spiro atoms. The lowest BCUT2D eigenvalue weighted by Crippen LogP contribution is -2.30. The van der Waals surface area contributed by atoms with E-state index >= 15 is 0 Å². The summed E-state index contributed by atoms with van der Waals surface area (Å²) in [5.74, 6) is 0.00970. The SMILES string of the molecule is CC(c1cc2ccccc2o1)N(C)S(=O)(=O)Cc1ccc(F)cc1. The van der Waals surface area contributed by atoms with E-state index in [9.17, 15) is 12.8 Å². The highest BCUT2D eigenvalue weighted by Gasteiger charge is 2.27. The molecule has 0 bridgehead atoms. The molecular formula is C18H18FNO3S. The van der Waals surface area contributed by atoms with Gasteiger partial charge in [0.1, 0.15) is 17.2 Å². The minimum absolute atomic E-state index is 0.186. The van der Waals surface area contributed by atoms with E-state index in [1.54, 1.807) is 6.92 Å². The molecule has 1 heterocycles. The maximum absolute atomic E-state index is 13.0. The normalized spacial score (nSPS) is 13.5. The number of para-hydroxylation sites is 1. The first-order valence-electron chi connectivity index (χ1n) is 7.55. The molecule has 3 aromatic rings. The minimum Gasteiger partial charge on any atom is -0.459 e. The molecule has 0 fully saturated rings. The summed E-state index contributed by atoms with van der Waals surface area (Å²) in [4.78, 5) is 0. The Balaban J connectivity index is 1.83. The quantitative estimate of drug-likeness (QED) is 0.698. The Morgan fingerprint density at radius 3 is 2.46 bits per heavy atom. The molecule has 0 aliphatic carbocycles. The van der Waals surface area contributed by atoms with Crippen LogP contribution in [0.4, 0.5) is 4.39 Å². The van der Waals surface area contributed by atoms with E-state index in [-0.39, 0.29) is 11.6 Å². The summed E-state index contributed by atoms with van der Waals surface area (Å²) < 4.78 is 45.2. The van der Waals surface area contributed by atoms with Crippen LogP contribution < -0.4 is 0 Å². The summed E-state index contributed by atoms with van der Waals surface area (Å²) >= 11 is 0. The van der Waals surface area contributed by atoms with Crippen molar-refractivity contribution in [1.82, 2.24) is 4.31 Å². The molecule has 24 heavy (non-hydrogen) atoms. The van der Waals surface area contributed by atoms with Gasteiger partial charge >= 0.3 is 0 Å². The largest absolute Gasteiger partial charge is 0.459 e. The molecule has 0 amide bonds. The van der Waals surface area contributed by atoms with Crippen LogP contribution in [0.2, 0.25) is 0 Å². The number of nitrogens with zero attached hydrogens (tertiary/aromatic N) is 1. The van der Waals surface area contributed by atoms with Crippen LogP contribution in [-0.2, 0) is 15.8 Å². The zero-order chi connectivity index (χ0) is 17.3. The summed E-state index contributed by atoms with van der Waals surface area (Å²) in [5.41, 5.74) is 1.27. The second-order valence-corrected chi connectivity index (χ2v) is 7.79. The number of halogens is 1. The number of fused-ring (bicyclic) bond motifs is 1. The lowest BCUT2D eigenvalue weighted by atomic mass is 10.2. The molecule has 1 aromatic heterocycles. The van der Waals surface area contributed by atoms with E-state index in [0.717, 1.165) is 11.0 Å². The smallest absolute Gasteiger partial charge is 0.218 e. The van der Waals surface area contributed by atoms with Gasteiger partial charge in [-0.05, 0) is 36.8 Å². The average molecular weight is 347 g/mol. The molecule has 0 N–H and O–H groups in total. The summed E-state index contributed by atoms with van der Waals surface area (Å²) in [7, 11) is -2.04. The topological polar surface area (TPSA) is 50.5 Å². The molecule has 126 valence electrons. The van der Waals surface area contributed by atoms with E-state index in [1.165, 1.54) is 35.6 Å². The Labute approximate surface area is 140 Å².